The third-order valence-corrected chi connectivity index (χ3v) is 3.73. The summed E-state index contributed by atoms with van der Waals surface area (Å²) in [6, 6.07) is 4.33. The van der Waals surface area contributed by atoms with Crippen LogP contribution in [0.25, 0.3) is 0 Å². The first-order valence-electron chi connectivity index (χ1n) is 5.75. The first-order valence-corrected chi connectivity index (χ1v) is 5.75. The fourth-order valence-electron chi connectivity index (χ4n) is 2.57. The van der Waals surface area contributed by atoms with Crippen LogP contribution >= 0.6 is 0 Å². The highest BCUT2D eigenvalue weighted by atomic mass is 16.4. The van der Waals surface area contributed by atoms with E-state index in [1.807, 2.05) is 0 Å². The molecular weight excluding hydrogens is 200 g/mol. The van der Waals surface area contributed by atoms with Gasteiger partial charge in [0.2, 0.25) is 0 Å². The molecule has 2 heteroatoms. The SMILES string of the molecule is Cc1cc(C)c(C)c(C2(CC(=O)O)CC2)c1. The van der Waals surface area contributed by atoms with Crippen LogP contribution in [-0.2, 0) is 10.2 Å². The molecule has 2 nitrogen and oxygen atoms in total. The second kappa shape index (κ2) is 3.62. The molecule has 0 unspecified atom stereocenters. The van der Waals surface area contributed by atoms with Crippen LogP contribution in [0.3, 0.4) is 0 Å². The van der Waals surface area contributed by atoms with E-state index in [9.17, 15) is 4.79 Å². The summed E-state index contributed by atoms with van der Waals surface area (Å²) in [5, 5.41) is 8.98. The number of benzene rings is 1. The Hall–Kier alpha value is -1.31. The molecule has 2 rings (SSSR count). The molecule has 0 amide bonds. The van der Waals surface area contributed by atoms with E-state index in [1.165, 1.54) is 22.3 Å². The molecule has 0 saturated heterocycles. The second-order valence-electron chi connectivity index (χ2n) is 5.11. The van der Waals surface area contributed by atoms with Crippen LogP contribution in [0.1, 0.15) is 41.5 Å². The van der Waals surface area contributed by atoms with Gasteiger partial charge in [-0.3, -0.25) is 4.79 Å². The maximum atomic E-state index is 10.9. The van der Waals surface area contributed by atoms with Gasteiger partial charge in [0.15, 0.2) is 0 Å². The summed E-state index contributed by atoms with van der Waals surface area (Å²) >= 11 is 0. The van der Waals surface area contributed by atoms with Crippen molar-refractivity contribution in [2.24, 2.45) is 0 Å². The molecule has 0 bridgehead atoms. The molecule has 1 aromatic carbocycles. The minimum atomic E-state index is -0.684. The van der Waals surface area contributed by atoms with Crippen LogP contribution in [0, 0.1) is 20.8 Å². The van der Waals surface area contributed by atoms with Crippen molar-refractivity contribution < 1.29 is 9.90 Å². The van der Waals surface area contributed by atoms with Gasteiger partial charge in [-0.15, -0.1) is 0 Å². The summed E-state index contributed by atoms with van der Waals surface area (Å²) in [6.45, 7) is 6.28. The lowest BCUT2D eigenvalue weighted by molar-refractivity contribution is -0.137. The zero-order valence-electron chi connectivity index (χ0n) is 10.1. The van der Waals surface area contributed by atoms with Gasteiger partial charge >= 0.3 is 5.97 Å². The van der Waals surface area contributed by atoms with Gasteiger partial charge in [-0.05, 0) is 50.3 Å². The maximum absolute atomic E-state index is 10.9. The van der Waals surface area contributed by atoms with Crippen LogP contribution in [0.15, 0.2) is 12.1 Å². The molecule has 1 fully saturated rings. The van der Waals surface area contributed by atoms with Crippen molar-refractivity contribution in [3.63, 3.8) is 0 Å². The Bertz CT molecular complexity index is 442. The minimum Gasteiger partial charge on any atom is -0.481 e. The topological polar surface area (TPSA) is 37.3 Å². The van der Waals surface area contributed by atoms with Crippen LogP contribution < -0.4 is 0 Å². The fourth-order valence-corrected chi connectivity index (χ4v) is 2.57. The number of hydrogen-bond acceptors (Lipinski definition) is 1. The zero-order valence-corrected chi connectivity index (χ0v) is 10.1. The molecule has 16 heavy (non-hydrogen) atoms. The highest BCUT2D eigenvalue weighted by Crippen LogP contribution is 2.52. The van der Waals surface area contributed by atoms with Gasteiger partial charge in [-0.2, -0.15) is 0 Å². The molecule has 0 radical (unpaired) electrons. The van der Waals surface area contributed by atoms with Crippen molar-refractivity contribution >= 4 is 5.97 Å². The summed E-state index contributed by atoms with van der Waals surface area (Å²) in [7, 11) is 0. The van der Waals surface area contributed by atoms with Crippen molar-refractivity contribution in [1.29, 1.82) is 0 Å². The second-order valence-corrected chi connectivity index (χ2v) is 5.11. The molecule has 0 spiro atoms. The lowest BCUT2D eigenvalue weighted by atomic mass is 9.86. The number of carboxylic acids is 1. The van der Waals surface area contributed by atoms with Gasteiger partial charge in [0.1, 0.15) is 0 Å². The number of rotatable bonds is 3. The number of hydrogen-bond donors (Lipinski definition) is 1. The Labute approximate surface area is 96.3 Å². The van der Waals surface area contributed by atoms with Gasteiger partial charge in [-0.1, -0.05) is 17.7 Å². The van der Waals surface area contributed by atoms with Gasteiger partial charge in [0, 0.05) is 5.41 Å². The smallest absolute Gasteiger partial charge is 0.304 e. The molecule has 0 heterocycles. The van der Waals surface area contributed by atoms with Crippen LogP contribution in [-0.4, -0.2) is 11.1 Å². The van der Waals surface area contributed by atoms with Gasteiger partial charge < -0.3 is 5.11 Å². The van der Waals surface area contributed by atoms with Crippen LogP contribution in [0.4, 0.5) is 0 Å². The average Bonchev–Trinajstić information content (AvgIpc) is 2.91. The standard InChI is InChI=1S/C14H18O2/c1-9-6-10(2)11(3)12(7-9)14(4-5-14)8-13(15)16/h6-7H,4-5,8H2,1-3H3,(H,15,16). The Morgan fingerprint density at radius 1 is 1.31 bits per heavy atom. The van der Waals surface area contributed by atoms with Crippen molar-refractivity contribution in [3.8, 4) is 0 Å². The molecule has 86 valence electrons. The Kier molecular flexibility index (Phi) is 2.53. The highest BCUT2D eigenvalue weighted by Gasteiger charge is 2.46. The molecule has 1 N–H and O–H groups in total. The van der Waals surface area contributed by atoms with E-state index in [4.69, 9.17) is 5.11 Å². The third kappa shape index (κ3) is 1.84. The molecule has 0 aliphatic heterocycles. The van der Waals surface area contributed by atoms with Crippen molar-refractivity contribution in [2.75, 3.05) is 0 Å². The number of aryl methyl sites for hydroxylation is 2. The normalized spacial score (nSPS) is 17.2. The highest BCUT2D eigenvalue weighted by molar-refractivity contribution is 5.70. The predicted molar refractivity (Wildman–Crippen MR) is 63.8 cm³/mol. The maximum Gasteiger partial charge on any atom is 0.304 e. The quantitative estimate of drug-likeness (QED) is 0.846. The largest absolute Gasteiger partial charge is 0.481 e. The Morgan fingerprint density at radius 2 is 1.94 bits per heavy atom. The summed E-state index contributed by atoms with van der Waals surface area (Å²) < 4.78 is 0. The van der Waals surface area contributed by atoms with E-state index in [1.54, 1.807) is 0 Å². The molecule has 0 atom stereocenters. The monoisotopic (exact) mass is 218 g/mol. The van der Waals surface area contributed by atoms with Crippen LogP contribution in [0.5, 0.6) is 0 Å². The number of carbonyl (C=O) groups is 1. The average molecular weight is 218 g/mol. The predicted octanol–water partition coefficient (Wildman–Crippen LogP) is 3.12. The summed E-state index contributed by atoms with van der Waals surface area (Å²) in [4.78, 5) is 10.9. The summed E-state index contributed by atoms with van der Waals surface area (Å²) in [5.74, 6) is -0.684. The lowest BCUT2D eigenvalue weighted by Gasteiger charge is -2.18. The van der Waals surface area contributed by atoms with E-state index in [-0.39, 0.29) is 11.8 Å². The first kappa shape index (κ1) is 11.2. The zero-order chi connectivity index (χ0) is 11.9. The van der Waals surface area contributed by atoms with E-state index in [0.717, 1.165) is 12.8 Å². The number of carboxylic acid groups (broad SMARTS) is 1. The Balaban J connectivity index is 2.44. The van der Waals surface area contributed by atoms with E-state index < -0.39 is 5.97 Å². The number of aliphatic carboxylic acids is 1. The molecule has 1 aromatic rings. The first-order chi connectivity index (χ1) is 7.44. The summed E-state index contributed by atoms with van der Waals surface area (Å²) in [6.07, 6.45) is 2.31. The third-order valence-electron chi connectivity index (χ3n) is 3.73. The van der Waals surface area contributed by atoms with Crippen molar-refractivity contribution in [3.05, 3.63) is 34.4 Å². The lowest BCUT2D eigenvalue weighted by Crippen LogP contribution is -2.15. The molecule has 0 aromatic heterocycles. The van der Waals surface area contributed by atoms with E-state index >= 15 is 0 Å². The molecular formula is C14H18O2. The van der Waals surface area contributed by atoms with E-state index in [2.05, 4.69) is 32.9 Å². The fraction of sp³-hybridized carbons (Fsp3) is 0.500. The van der Waals surface area contributed by atoms with Gasteiger partial charge in [-0.25, -0.2) is 0 Å². The molecule has 1 aliphatic rings. The minimum absolute atomic E-state index is 0.0628. The van der Waals surface area contributed by atoms with E-state index in [0.29, 0.717) is 0 Å². The van der Waals surface area contributed by atoms with Gasteiger partial charge in [0.25, 0.3) is 0 Å². The Morgan fingerprint density at radius 3 is 2.44 bits per heavy atom. The van der Waals surface area contributed by atoms with Crippen LogP contribution in [0.2, 0.25) is 0 Å². The van der Waals surface area contributed by atoms with Crippen molar-refractivity contribution in [2.45, 2.75) is 45.4 Å². The molecule has 1 saturated carbocycles. The molecule has 1 aliphatic carbocycles. The summed E-state index contributed by atoms with van der Waals surface area (Å²) in [5.41, 5.74) is 4.96. The van der Waals surface area contributed by atoms with Crippen molar-refractivity contribution in [1.82, 2.24) is 0 Å². The van der Waals surface area contributed by atoms with Gasteiger partial charge in [0.05, 0.1) is 6.42 Å².